The van der Waals surface area contributed by atoms with Gasteiger partial charge in [-0.1, -0.05) is 0 Å². The number of carbonyl (C=O) groups excluding carboxylic acids is 2. The van der Waals surface area contributed by atoms with Crippen LogP contribution in [0.3, 0.4) is 0 Å². The molecule has 17 heavy (non-hydrogen) atoms. The SMILES string of the molecule is C/C(=C/C(=O)C(=O)O[Si](C)(C)C)O[Si](C)(C)C. The molecule has 0 spiro atoms. The molecular formula is C11H22O4Si2. The third kappa shape index (κ3) is 8.87. The average molecular weight is 274 g/mol. The van der Waals surface area contributed by atoms with Crippen molar-refractivity contribution >= 4 is 28.4 Å². The first-order valence-corrected chi connectivity index (χ1v) is 12.4. The zero-order valence-electron chi connectivity index (χ0n) is 11.7. The largest absolute Gasteiger partial charge is 0.547 e. The highest BCUT2D eigenvalue weighted by atomic mass is 28.4. The number of hydrogen-bond donors (Lipinski definition) is 0. The summed E-state index contributed by atoms with van der Waals surface area (Å²) in [5, 5.41) is 0. The molecule has 0 aromatic carbocycles. The van der Waals surface area contributed by atoms with Gasteiger partial charge in [-0.15, -0.1) is 0 Å². The molecule has 0 radical (unpaired) electrons. The van der Waals surface area contributed by atoms with Crippen molar-refractivity contribution in [1.29, 1.82) is 0 Å². The number of hydrogen-bond acceptors (Lipinski definition) is 4. The minimum atomic E-state index is -2.01. The van der Waals surface area contributed by atoms with E-state index in [9.17, 15) is 9.59 Å². The van der Waals surface area contributed by atoms with E-state index in [1.54, 1.807) is 6.92 Å². The van der Waals surface area contributed by atoms with Crippen molar-refractivity contribution in [2.45, 2.75) is 46.2 Å². The van der Waals surface area contributed by atoms with Crippen molar-refractivity contribution in [1.82, 2.24) is 0 Å². The van der Waals surface area contributed by atoms with E-state index >= 15 is 0 Å². The number of rotatable bonds is 5. The lowest BCUT2D eigenvalue weighted by molar-refractivity contribution is -0.145. The lowest BCUT2D eigenvalue weighted by Gasteiger charge is -2.19. The van der Waals surface area contributed by atoms with Crippen LogP contribution in [-0.2, 0) is 18.4 Å². The molecule has 0 aliphatic heterocycles. The third-order valence-corrected chi connectivity index (χ3v) is 3.13. The molecular weight excluding hydrogens is 252 g/mol. The molecule has 0 unspecified atom stereocenters. The van der Waals surface area contributed by atoms with Crippen LogP contribution in [0, 0.1) is 0 Å². The molecule has 0 aromatic heterocycles. The van der Waals surface area contributed by atoms with Crippen LogP contribution in [0.4, 0.5) is 0 Å². The van der Waals surface area contributed by atoms with Crippen LogP contribution >= 0.6 is 0 Å². The zero-order valence-corrected chi connectivity index (χ0v) is 13.7. The molecule has 4 nitrogen and oxygen atoms in total. The van der Waals surface area contributed by atoms with Gasteiger partial charge in [0.2, 0.25) is 16.6 Å². The lowest BCUT2D eigenvalue weighted by atomic mass is 10.3. The van der Waals surface area contributed by atoms with E-state index in [0.29, 0.717) is 5.76 Å². The summed E-state index contributed by atoms with van der Waals surface area (Å²) in [5.41, 5.74) is 0. The second-order valence-electron chi connectivity index (χ2n) is 5.84. The van der Waals surface area contributed by atoms with Gasteiger partial charge in [0.25, 0.3) is 5.78 Å². The smallest absolute Gasteiger partial charge is 0.365 e. The van der Waals surface area contributed by atoms with Gasteiger partial charge < -0.3 is 8.85 Å². The predicted octanol–water partition coefficient (Wildman–Crippen LogP) is 2.69. The lowest BCUT2D eigenvalue weighted by Crippen LogP contribution is -2.32. The summed E-state index contributed by atoms with van der Waals surface area (Å²) in [5.74, 6) is -0.965. The Morgan fingerprint density at radius 3 is 1.65 bits per heavy atom. The maximum atomic E-state index is 11.5. The van der Waals surface area contributed by atoms with Crippen molar-refractivity contribution in [3.8, 4) is 0 Å². The average Bonchev–Trinajstić information content (AvgIpc) is 1.95. The van der Waals surface area contributed by atoms with Gasteiger partial charge in [0, 0.05) is 6.08 Å². The molecule has 0 bridgehead atoms. The van der Waals surface area contributed by atoms with Gasteiger partial charge in [0.05, 0.1) is 5.76 Å². The number of carbonyl (C=O) groups is 2. The second kappa shape index (κ2) is 5.64. The fourth-order valence-corrected chi connectivity index (χ4v) is 2.77. The van der Waals surface area contributed by atoms with E-state index in [-0.39, 0.29) is 0 Å². The molecule has 0 heterocycles. The molecule has 0 aromatic rings. The minimum absolute atomic E-state index is 0.474. The van der Waals surface area contributed by atoms with Gasteiger partial charge in [-0.25, -0.2) is 4.79 Å². The predicted molar refractivity (Wildman–Crippen MR) is 72.6 cm³/mol. The number of ketones is 1. The second-order valence-corrected chi connectivity index (χ2v) is 14.7. The molecule has 0 aliphatic carbocycles. The highest BCUT2D eigenvalue weighted by Gasteiger charge is 2.24. The summed E-state index contributed by atoms with van der Waals surface area (Å²) in [7, 11) is -3.75. The van der Waals surface area contributed by atoms with E-state index in [0.717, 1.165) is 0 Å². The summed E-state index contributed by atoms with van der Waals surface area (Å²) in [6, 6.07) is 0. The van der Waals surface area contributed by atoms with Gasteiger partial charge in [0.1, 0.15) is 0 Å². The van der Waals surface area contributed by atoms with Gasteiger partial charge in [-0.05, 0) is 46.2 Å². The Bertz CT molecular complexity index is 334. The van der Waals surface area contributed by atoms with Gasteiger partial charge in [-0.3, -0.25) is 4.79 Å². The highest BCUT2D eigenvalue weighted by molar-refractivity contribution is 6.72. The van der Waals surface area contributed by atoms with Crippen molar-refractivity contribution < 1.29 is 18.4 Å². The molecule has 0 aliphatic rings. The maximum Gasteiger partial charge on any atom is 0.365 e. The Kier molecular flexibility index (Phi) is 5.34. The maximum absolute atomic E-state index is 11.5. The van der Waals surface area contributed by atoms with Gasteiger partial charge in [-0.2, -0.15) is 0 Å². The fraction of sp³-hybridized carbons (Fsp3) is 0.636. The Balaban J connectivity index is 4.53. The normalized spacial score (nSPS) is 13.2. The van der Waals surface area contributed by atoms with Crippen LogP contribution in [0.25, 0.3) is 0 Å². The molecule has 0 fully saturated rings. The van der Waals surface area contributed by atoms with Crippen LogP contribution in [-0.4, -0.2) is 28.4 Å². The van der Waals surface area contributed by atoms with Gasteiger partial charge >= 0.3 is 5.97 Å². The summed E-state index contributed by atoms with van der Waals surface area (Å²) in [4.78, 5) is 23.0. The summed E-state index contributed by atoms with van der Waals surface area (Å²) >= 11 is 0. The van der Waals surface area contributed by atoms with Crippen molar-refractivity contribution in [2.75, 3.05) is 0 Å². The van der Waals surface area contributed by atoms with Crippen LogP contribution in [0.15, 0.2) is 11.8 Å². The van der Waals surface area contributed by atoms with E-state index in [2.05, 4.69) is 0 Å². The number of allylic oxidation sites excluding steroid dienone is 1. The molecule has 0 N–H and O–H groups in total. The summed E-state index contributed by atoms with van der Waals surface area (Å²) in [6.45, 7) is 13.3. The van der Waals surface area contributed by atoms with Crippen molar-refractivity contribution in [3.63, 3.8) is 0 Å². The minimum Gasteiger partial charge on any atom is -0.547 e. The van der Waals surface area contributed by atoms with E-state index in [1.807, 2.05) is 39.3 Å². The first kappa shape index (κ1) is 16.1. The zero-order chi connectivity index (χ0) is 13.9. The molecule has 6 heteroatoms. The van der Waals surface area contributed by atoms with Crippen LogP contribution in [0.5, 0.6) is 0 Å². The van der Waals surface area contributed by atoms with Crippen molar-refractivity contribution in [3.05, 3.63) is 11.8 Å². The molecule has 98 valence electrons. The standard InChI is InChI=1S/C11H22O4Si2/c1-9(14-16(2,3)4)8-10(12)11(13)15-17(5,6)7/h8H,1-7H3/b9-8-. The van der Waals surface area contributed by atoms with Crippen molar-refractivity contribution in [2.24, 2.45) is 0 Å². The Morgan fingerprint density at radius 2 is 1.29 bits per heavy atom. The van der Waals surface area contributed by atoms with E-state index in [4.69, 9.17) is 8.85 Å². The topological polar surface area (TPSA) is 52.6 Å². The molecule has 0 amide bonds. The first-order chi connectivity index (χ1) is 7.41. The fourth-order valence-electron chi connectivity index (χ4n) is 1.08. The molecule has 0 atom stereocenters. The Hall–Kier alpha value is -0.886. The monoisotopic (exact) mass is 274 g/mol. The van der Waals surface area contributed by atoms with E-state index in [1.165, 1.54) is 6.08 Å². The van der Waals surface area contributed by atoms with Gasteiger partial charge in [0.15, 0.2) is 0 Å². The quantitative estimate of drug-likeness (QED) is 0.335. The van der Waals surface area contributed by atoms with E-state index < -0.39 is 28.4 Å². The Morgan fingerprint density at radius 1 is 0.882 bits per heavy atom. The summed E-state index contributed by atoms with van der Waals surface area (Å²) < 4.78 is 10.7. The molecule has 0 rings (SSSR count). The highest BCUT2D eigenvalue weighted by Crippen LogP contribution is 2.10. The molecule has 0 saturated heterocycles. The third-order valence-electron chi connectivity index (χ3n) is 1.40. The molecule has 0 saturated carbocycles. The summed E-state index contributed by atoms with van der Waals surface area (Å²) in [6.07, 6.45) is 1.21. The van der Waals surface area contributed by atoms with Crippen LogP contribution < -0.4 is 0 Å². The first-order valence-electron chi connectivity index (χ1n) is 5.55. The van der Waals surface area contributed by atoms with Crippen LogP contribution in [0.1, 0.15) is 6.92 Å². The Labute approximate surface area is 105 Å². The van der Waals surface area contributed by atoms with Crippen LogP contribution in [0.2, 0.25) is 39.3 Å².